The van der Waals surface area contributed by atoms with Gasteiger partial charge in [-0.15, -0.1) is 0 Å². The normalized spacial score (nSPS) is 16.9. The largest absolute Gasteiger partial charge is 0.534 e. The summed E-state index contributed by atoms with van der Waals surface area (Å²) in [5.74, 6) is -0.548. The molecule has 1 fully saturated rings. The average Bonchev–Trinajstić information content (AvgIpc) is 2.82. The third-order valence-electron chi connectivity index (χ3n) is 5.57. The summed E-state index contributed by atoms with van der Waals surface area (Å²) in [6.07, 6.45) is 1.68. The quantitative estimate of drug-likeness (QED) is 0.290. The second-order valence-corrected chi connectivity index (χ2v) is 9.40. The monoisotopic (exact) mass is 510 g/mol. The molecule has 4 rings (SSSR count). The van der Waals surface area contributed by atoms with Crippen LogP contribution in [0.2, 0.25) is 0 Å². The molecule has 1 aliphatic heterocycles. The number of aromatic nitrogens is 2. The van der Waals surface area contributed by atoms with Crippen molar-refractivity contribution < 1.29 is 35.3 Å². The summed E-state index contributed by atoms with van der Waals surface area (Å²) in [6.45, 7) is 3.43. The highest BCUT2D eigenvalue weighted by molar-refractivity contribution is 7.87. The first kappa shape index (κ1) is 24.5. The molecule has 0 amide bonds. The van der Waals surface area contributed by atoms with Gasteiger partial charge in [-0.25, -0.2) is 14.8 Å². The topological polar surface area (TPSA) is 102 Å². The average molecular weight is 510 g/mol. The summed E-state index contributed by atoms with van der Waals surface area (Å²) in [4.78, 5) is 24.3. The predicted octanol–water partition coefficient (Wildman–Crippen LogP) is 3.36. The molecule has 0 spiro atoms. The van der Waals surface area contributed by atoms with E-state index in [2.05, 4.69) is 19.1 Å². The highest BCUT2D eigenvalue weighted by Gasteiger charge is 2.49. The van der Waals surface area contributed by atoms with Gasteiger partial charge in [0.25, 0.3) is 0 Å². The molecule has 0 radical (unpaired) electrons. The van der Waals surface area contributed by atoms with Crippen LogP contribution in [0.25, 0.3) is 10.9 Å². The Labute approximate surface area is 199 Å². The lowest BCUT2D eigenvalue weighted by molar-refractivity contribution is -0.0501. The molecule has 0 N–H and O–H groups in total. The van der Waals surface area contributed by atoms with Crippen molar-refractivity contribution in [3.8, 4) is 5.88 Å². The number of carbonyl (C=O) groups is 1. The first-order chi connectivity index (χ1) is 16.5. The van der Waals surface area contributed by atoms with Gasteiger partial charge in [0, 0.05) is 43.3 Å². The number of methoxy groups -OCH3 is 1. The van der Waals surface area contributed by atoms with E-state index in [4.69, 9.17) is 4.74 Å². The van der Waals surface area contributed by atoms with Crippen LogP contribution in [0.1, 0.15) is 17.3 Å². The van der Waals surface area contributed by atoms with Gasteiger partial charge in [0.1, 0.15) is 5.82 Å². The van der Waals surface area contributed by atoms with Gasteiger partial charge in [-0.3, -0.25) is 0 Å². The van der Waals surface area contributed by atoms with E-state index in [-0.39, 0.29) is 17.1 Å². The maximum Gasteiger partial charge on any atom is 0.534 e. The van der Waals surface area contributed by atoms with Crippen molar-refractivity contribution in [3.63, 3.8) is 0 Å². The Morgan fingerprint density at radius 2 is 1.91 bits per heavy atom. The number of piperazine rings is 1. The number of benzene rings is 1. The number of halogens is 3. The molecular formula is C22H21F3N4O5S. The summed E-state index contributed by atoms with van der Waals surface area (Å²) >= 11 is 0. The minimum atomic E-state index is -5.92. The van der Waals surface area contributed by atoms with Crippen molar-refractivity contribution in [3.05, 3.63) is 54.2 Å². The van der Waals surface area contributed by atoms with E-state index in [1.807, 2.05) is 30.0 Å². The van der Waals surface area contributed by atoms with E-state index < -0.39 is 27.5 Å². The third-order valence-corrected chi connectivity index (χ3v) is 6.53. The van der Waals surface area contributed by atoms with Crippen molar-refractivity contribution >= 4 is 38.5 Å². The molecule has 1 aliphatic rings. The summed E-state index contributed by atoms with van der Waals surface area (Å²) in [5.41, 5.74) is -4.87. The SMILES string of the molecule is COC(=O)c1ccc2nc(OS(=O)(=O)C(F)(F)F)cc(N3CCN(c4ccccn4)C[C@@H]3C)c2c1. The van der Waals surface area contributed by atoms with E-state index in [9.17, 15) is 26.4 Å². The van der Waals surface area contributed by atoms with Crippen molar-refractivity contribution in [2.45, 2.75) is 18.5 Å². The molecule has 1 aromatic carbocycles. The molecule has 1 atom stereocenters. The molecule has 35 heavy (non-hydrogen) atoms. The van der Waals surface area contributed by atoms with Crippen LogP contribution in [-0.2, 0) is 14.9 Å². The van der Waals surface area contributed by atoms with E-state index >= 15 is 0 Å². The molecule has 3 aromatic rings. The molecule has 13 heteroatoms. The molecule has 0 aliphatic carbocycles. The van der Waals surface area contributed by atoms with Crippen molar-refractivity contribution in [2.75, 3.05) is 36.5 Å². The van der Waals surface area contributed by atoms with Gasteiger partial charge in [0.15, 0.2) is 0 Å². The summed E-state index contributed by atoms with van der Waals surface area (Å²) in [6, 6.07) is 10.8. The lowest BCUT2D eigenvalue weighted by Gasteiger charge is -2.42. The van der Waals surface area contributed by atoms with Crippen LogP contribution >= 0.6 is 0 Å². The molecule has 1 saturated heterocycles. The Bertz CT molecular complexity index is 1350. The minimum absolute atomic E-state index is 0.155. The number of fused-ring (bicyclic) bond motifs is 1. The van der Waals surface area contributed by atoms with Gasteiger partial charge < -0.3 is 18.7 Å². The second kappa shape index (κ2) is 9.21. The highest BCUT2D eigenvalue weighted by atomic mass is 32.2. The zero-order valence-corrected chi connectivity index (χ0v) is 19.5. The number of rotatable bonds is 5. The van der Waals surface area contributed by atoms with Crippen LogP contribution in [0, 0.1) is 0 Å². The molecule has 3 heterocycles. The maximum atomic E-state index is 12.9. The van der Waals surface area contributed by atoms with E-state index in [1.165, 1.54) is 25.3 Å². The molecule has 9 nitrogen and oxygen atoms in total. The highest BCUT2D eigenvalue weighted by Crippen LogP contribution is 2.35. The van der Waals surface area contributed by atoms with E-state index in [1.54, 1.807) is 6.20 Å². The first-order valence-corrected chi connectivity index (χ1v) is 11.9. The number of alkyl halides is 3. The fourth-order valence-corrected chi connectivity index (χ4v) is 4.34. The number of anilines is 2. The molecule has 2 aromatic heterocycles. The molecule has 186 valence electrons. The number of pyridine rings is 2. The number of carbonyl (C=O) groups excluding carboxylic acids is 1. The number of hydrogen-bond acceptors (Lipinski definition) is 9. The number of esters is 1. The Balaban J connectivity index is 1.77. The van der Waals surface area contributed by atoms with Crippen LogP contribution in [0.3, 0.4) is 0 Å². The van der Waals surface area contributed by atoms with Crippen LogP contribution < -0.4 is 14.0 Å². The fraction of sp³-hybridized carbons (Fsp3) is 0.318. The van der Waals surface area contributed by atoms with Crippen LogP contribution in [0.15, 0.2) is 48.7 Å². The predicted molar refractivity (Wildman–Crippen MR) is 122 cm³/mol. The Morgan fingerprint density at radius 1 is 1.14 bits per heavy atom. The van der Waals surface area contributed by atoms with Gasteiger partial charge in [-0.1, -0.05) is 6.07 Å². The molecule has 0 unspecified atom stereocenters. The first-order valence-electron chi connectivity index (χ1n) is 10.5. The van der Waals surface area contributed by atoms with Crippen molar-refractivity contribution in [1.29, 1.82) is 0 Å². The Morgan fingerprint density at radius 3 is 2.54 bits per heavy atom. The van der Waals surface area contributed by atoms with E-state index in [0.29, 0.717) is 30.7 Å². The lowest BCUT2D eigenvalue weighted by Crippen LogP contribution is -2.52. The Hall–Kier alpha value is -3.61. The smallest absolute Gasteiger partial charge is 0.465 e. The maximum absolute atomic E-state index is 12.9. The fourth-order valence-electron chi connectivity index (χ4n) is 3.93. The van der Waals surface area contributed by atoms with Crippen LogP contribution in [0.5, 0.6) is 5.88 Å². The number of ether oxygens (including phenoxy) is 1. The van der Waals surface area contributed by atoms with Gasteiger partial charge in [0.2, 0.25) is 5.88 Å². The van der Waals surface area contributed by atoms with Gasteiger partial charge in [-0.05, 0) is 37.3 Å². The molecule has 0 bridgehead atoms. The summed E-state index contributed by atoms with van der Waals surface area (Å²) in [7, 11) is -4.70. The summed E-state index contributed by atoms with van der Waals surface area (Å²) < 4.78 is 71.1. The Kier molecular flexibility index (Phi) is 6.45. The number of hydrogen-bond donors (Lipinski definition) is 0. The van der Waals surface area contributed by atoms with Crippen molar-refractivity contribution in [1.82, 2.24) is 9.97 Å². The van der Waals surface area contributed by atoms with Crippen LogP contribution in [0.4, 0.5) is 24.7 Å². The molecule has 0 saturated carbocycles. The molecular weight excluding hydrogens is 489 g/mol. The summed E-state index contributed by atoms with van der Waals surface area (Å²) in [5, 5.41) is 0.433. The second-order valence-electron chi connectivity index (χ2n) is 7.86. The van der Waals surface area contributed by atoms with E-state index in [0.717, 1.165) is 11.9 Å². The zero-order valence-electron chi connectivity index (χ0n) is 18.7. The minimum Gasteiger partial charge on any atom is -0.465 e. The van der Waals surface area contributed by atoms with Gasteiger partial charge in [0.05, 0.1) is 23.9 Å². The number of nitrogens with zero attached hydrogens (tertiary/aromatic N) is 4. The standard InChI is InChI=1S/C22H21F3N4O5S/c1-14-13-28(19-5-3-4-8-26-19)9-10-29(14)18-12-20(34-35(31,32)22(23,24)25)27-17-7-6-15(11-16(17)18)21(30)33-2/h3-8,11-12,14H,9-10,13H2,1-2H3/t14-/m0/s1. The lowest BCUT2D eigenvalue weighted by atomic mass is 10.1. The van der Waals surface area contributed by atoms with Gasteiger partial charge >= 0.3 is 21.6 Å². The van der Waals surface area contributed by atoms with Crippen molar-refractivity contribution in [2.24, 2.45) is 0 Å². The zero-order chi connectivity index (χ0) is 25.4. The van der Waals surface area contributed by atoms with Gasteiger partial charge in [-0.2, -0.15) is 21.6 Å². The van der Waals surface area contributed by atoms with Crippen LogP contribution in [-0.4, -0.2) is 62.6 Å². The third kappa shape index (κ3) is 4.94.